The van der Waals surface area contributed by atoms with E-state index in [2.05, 4.69) is 128 Å². The minimum Gasteiger partial charge on any atom is -0.0851 e. The maximum absolute atomic E-state index is 2.74. The van der Waals surface area contributed by atoms with Gasteiger partial charge in [-0.2, -0.15) is 0 Å². The average molecular weight is 515 g/mol. The summed E-state index contributed by atoms with van der Waals surface area (Å²) in [6.07, 6.45) is 0. The van der Waals surface area contributed by atoms with Crippen molar-refractivity contribution in [3.63, 3.8) is 0 Å². The summed E-state index contributed by atoms with van der Waals surface area (Å²) in [4.78, 5) is 0. The third-order valence-corrected chi connectivity index (χ3v) is 24.1. The first kappa shape index (κ1) is 29.1. The summed E-state index contributed by atoms with van der Waals surface area (Å²) in [5.74, 6) is 0. The first-order chi connectivity index (χ1) is 12.7. The van der Waals surface area contributed by atoms with E-state index in [1.165, 1.54) is 0 Å². The standard InChI is InChI=1S/C24H58Si6/c1-25(2,3)19-20(26(4,5)6)22(28(10,11)12)24(30(16,17)18)23(29(13,14)15)21(19)27(7,8)9/h19-22H,1-18H3. The lowest BCUT2D eigenvalue weighted by Crippen LogP contribution is -2.59. The molecule has 0 radical (unpaired) electrons. The zero-order chi connectivity index (χ0) is 24.5. The Bertz CT molecular complexity index is 593. The third-order valence-electron chi connectivity index (χ3n) is 7.50. The van der Waals surface area contributed by atoms with Crippen molar-refractivity contribution in [2.75, 3.05) is 0 Å². The highest BCUT2D eigenvalue weighted by atomic mass is 28.3. The molecule has 30 heavy (non-hydrogen) atoms. The lowest BCUT2D eigenvalue weighted by molar-refractivity contribution is 0.631. The van der Waals surface area contributed by atoms with Crippen molar-refractivity contribution < 1.29 is 0 Å². The highest BCUT2D eigenvalue weighted by molar-refractivity contribution is 6.97. The molecule has 0 saturated heterocycles. The van der Waals surface area contributed by atoms with Gasteiger partial charge in [0.25, 0.3) is 0 Å². The van der Waals surface area contributed by atoms with Gasteiger partial charge in [0.15, 0.2) is 0 Å². The van der Waals surface area contributed by atoms with Crippen molar-refractivity contribution in [2.45, 2.75) is 140 Å². The van der Waals surface area contributed by atoms with Crippen LogP contribution in [0.2, 0.25) is 140 Å². The second-order valence-corrected chi connectivity index (χ2v) is 48.4. The summed E-state index contributed by atoms with van der Waals surface area (Å²) in [7, 11) is -8.24. The molecule has 0 nitrogen and oxygen atoms in total. The lowest BCUT2D eigenvalue weighted by atomic mass is 10.0. The molecule has 0 amide bonds. The second-order valence-electron chi connectivity index (χ2n) is 16.8. The largest absolute Gasteiger partial charge is 0.0851 e. The van der Waals surface area contributed by atoms with Crippen LogP contribution >= 0.6 is 0 Å². The van der Waals surface area contributed by atoms with Crippen molar-refractivity contribution in [3.05, 3.63) is 10.4 Å². The van der Waals surface area contributed by atoms with Gasteiger partial charge in [0.1, 0.15) is 0 Å². The zero-order valence-electron chi connectivity index (χ0n) is 24.3. The Morgan fingerprint density at radius 1 is 0.333 bits per heavy atom. The number of allylic oxidation sites excluding steroid dienone is 2. The van der Waals surface area contributed by atoms with Gasteiger partial charge >= 0.3 is 0 Å². The fourth-order valence-corrected chi connectivity index (χ4v) is 38.0. The summed E-state index contributed by atoms with van der Waals surface area (Å²) < 4.78 is 0. The zero-order valence-corrected chi connectivity index (χ0v) is 30.3. The van der Waals surface area contributed by atoms with Crippen molar-refractivity contribution in [2.24, 2.45) is 0 Å². The Morgan fingerprint density at radius 3 is 0.633 bits per heavy atom. The topological polar surface area (TPSA) is 0 Å². The highest BCUT2D eigenvalue weighted by Gasteiger charge is 2.60. The fraction of sp³-hybridized carbons (Fsp3) is 0.917. The maximum atomic E-state index is 2.74. The monoisotopic (exact) mass is 514 g/mol. The Morgan fingerprint density at radius 2 is 0.533 bits per heavy atom. The number of hydrogen-bond donors (Lipinski definition) is 0. The Hall–Kier alpha value is 1.04. The van der Waals surface area contributed by atoms with E-state index in [1.807, 2.05) is 0 Å². The molecule has 0 aromatic rings. The summed E-state index contributed by atoms with van der Waals surface area (Å²) >= 11 is 0. The van der Waals surface area contributed by atoms with Gasteiger partial charge in [0.2, 0.25) is 0 Å². The molecular formula is C24H58Si6. The molecule has 4 unspecified atom stereocenters. The van der Waals surface area contributed by atoms with Gasteiger partial charge < -0.3 is 0 Å². The van der Waals surface area contributed by atoms with E-state index in [-0.39, 0.29) is 0 Å². The van der Waals surface area contributed by atoms with Gasteiger partial charge in [0, 0.05) is 16.1 Å². The molecule has 0 N–H and O–H groups in total. The van der Waals surface area contributed by atoms with Crippen LogP contribution < -0.4 is 0 Å². The van der Waals surface area contributed by atoms with Crippen LogP contribution in [0.5, 0.6) is 0 Å². The van der Waals surface area contributed by atoms with E-state index in [0.717, 1.165) is 22.2 Å². The number of rotatable bonds is 6. The predicted octanol–water partition coefficient (Wildman–Crippen LogP) is 9.88. The summed E-state index contributed by atoms with van der Waals surface area (Å²) in [6.45, 7) is 49.0. The van der Waals surface area contributed by atoms with Crippen molar-refractivity contribution in [1.29, 1.82) is 0 Å². The van der Waals surface area contributed by atoms with Crippen LogP contribution in [0.4, 0.5) is 0 Å². The molecule has 178 valence electrons. The quantitative estimate of drug-likeness (QED) is 0.309. The van der Waals surface area contributed by atoms with Crippen molar-refractivity contribution >= 4 is 48.4 Å². The molecule has 0 saturated carbocycles. The van der Waals surface area contributed by atoms with E-state index in [1.54, 1.807) is 0 Å². The molecule has 1 aliphatic rings. The van der Waals surface area contributed by atoms with Crippen LogP contribution in [0.1, 0.15) is 0 Å². The predicted molar refractivity (Wildman–Crippen MR) is 162 cm³/mol. The maximum Gasteiger partial charge on any atom is 0.0718 e. The van der Waals surface area contributed by atoms with Crippen LogP contribution in [-0.4, -0.2) is 48.4 Å². The van der Waals surface area contributed by atoms with E-state index in [4.69, 9.17) is 0 Å². The first-order valence-corrected chi connectivity index (χ1v) is 33.8. The summed E-state index contributed by atoms with van der Waals surface area (Å²) in [6, 6.07) is 0. The van der Waals surface area contributed by atoms with Crippen LogP contribution in [0.3, 0.4) is 0 Å². The molecule has 0 bridgehead atoms. The van der Waals surface area contributed by atoms with E-state index >= 15 is 0 Å². The fourth-order valence-electron chi connectivity index (χ4n) is 6.87. The third kappa shape index (κ3) is 6.13. The smallest absolute Gasteiger partial charge is 0.0718 e. The molecule has 6 heteroatoms. The van der Waals surface area contributed by atoms with Gasteiger partial charge in [-0.15, -0.1) is 0 Å². The van der Waals surface area contributed by atoms with E-state index in [9.17, 15) is 0 Å². The molecule has 0 aliphatic heterocycles. The molecule has 0 aromatic heterocycles. The highest BCUT2D eigenvalue weighted by Crippen LogP contribution is 2.68. The minimum absolute atomic E-state index is 0.932. The first-order valence-electron chi connectivity index (χ1n) is 12.5. The number of hydrogen-bond acceptors (Lipinski definition) is 0. The van der Waals surface area contributed by atoms with Crippen LogP contribution in [0, 0.1) is 0 Å². The lowest BCUT2D eigenvalue weighted by Gasteiger charge is -2.63. The average Bonchev–Trinajstić information content (AvgIpc) is 2.37. The molecular weight excluding hydrogens is 457 g/mol. The van der Waals surface area contributed by atoms with Crippen molar-refractivity contribution in [3.8, 4) is 0 Å². The van der Waals surface area contributed by atoms with Crippen LogP contribution in [0.15, 0.2) is 10.4 Å². The van der Waals surface area contributed by atoms with E-state index in [0.29, 0.717) is 0 Å². The van der Waals surface area contributed by atoms with Gasteiger partial charge in [-0.05, 0) is 22.2 Å². The molecule has 4 atom stereocenters. The molecule has 0 fully saturated rings. The van der Waals surface area contributed by atoms with Gasteiger partial charge in [-0.25, -0.2) is 0 Å². The molecule has 1 rings (SSSR count). The molecule has 0 heterocycles. The van der Waals surface area contributed by atoms with Gasteiger partial charge in [0.05, 0.1) is 32.3 Å². The Balaban J connectivity index is 4.38. The summed E-state index contributed by atoms with van der Waals surface area (Å²) in [5.41, 5.74) is 3.85. The summed E-state index contributed by atoms with van der Waals surface area (Å²) in [5, 5.41) is 4.24. The van der Waals surface area contributed by atoms with E-state index < -0.39 is 48.4 Å². The Labute approximate surface area is 198 Å². The van der Waals surface area contributed by atoms with Gasteiger partial charge in [-0.3, -0.25) is 0 Å². The SMILES string of the molecule is C[Si](C)(C)C1=C([Si](C)(C)C)C([Si](C)(C)C)C([Si](C)(C)C)C([Si](C)(C)C)C1[Si](C)(C)C. The van der Waals surface area contributed by atoms with Crippen LogP contribution in [-0.2, 0) is 0 Å². The minimum atomic E-state index is -1.42. The molecule has 0 spiro atoms. The normalized spacial score (nSPS) is 28.2. The second kappa shape index (κ2) is 8.36. The van der Waals surface area contributed by atoms with Gasteiger partial charge in [-0.1, -0.05) is 128 Å². The molecule has 1 aliphatic carbocycles. The molecule has 0 aromatic carbocycles. The van der Waals surface area contributed by atoms with Crippen molar-refractivity contribution in [1.82, 2.24) is 0 Å². The van der Waals surface area contributed by atoms with Crippen LogP contribution in [0.25, 0.3) is 0 Å². The Kier molecular flexibility index (Phi) is 8.10.